The smallest absolute Gasteiger partial charge is 0.119 e. The quantitative estimate of drug-likeness (QED) is 0.745. The number of nitriles is 1. The van der Waals surface area contributed by atoms with E-state index in [1.54, 1.807) is 11.3 Å². The van der Waals surface area contributed by atoms with E-state index < -0.39 is 0 Å². The third-order valence-electron chi connectivity index (χ3n) is 3.29. The van der Waals surface area contributed by atoms with E-state index in [-0.39, 0.29) is 0 Å². The molecule has 21 heavy (non-hydrogen) atoms. The van der Waals surface area contributed by atoms with Gasteiger partial charge in [0.1, 0.15) is 12.4 Å². The first kappa shape index (κ1) is 15.6. The lowest BCUT2D eigenvalue weighted by Gasteiger charge is -2.19. The number of ether oxygens (including phenoxy) is 1. The average Bonchev–Trinajstić information content (AvgIpc) is 3.01. The van der Waals surface area contributed by atoms with Crippen molar-refractivity contribution in [1.29, 1.82) is 5.26 Å². The lowest BCUT2D eigenvalue weighted by Crippen LogP contribution is -2.27. The Kier molecular flexibility index (Phi) is 6.26. The maximum atomic E-state index is 8.64. The van der Waals surface area contributed by atoms with E-state index in [9.17, 15) is 0 Å². The summed E-state index contributed by atoms with van der Waals surface area (Å²) in [7, 11) is 0. The van der Waals surface area contributed by atoms with Gasteiger partial charge in [0, 0.05) is 18.0 Å². The minimum Gasteiger partial charge on any atom is -0.492 e. The van der Waals surface area contributed by atoms with Crippen LogP contribution in [0.2, 0.25) is 0 Å². The Morgan fingerprint density at radius 1 is 1.24 bits per heavy atom. The summed E-state index contributed by atoms with van der Waals surface area (Å²) in [5.41, 5.74) is 1.03. The minimum atomic E-state index is 0.449. The van der Waals surface area contributed by atoms with Gasteiger partial charge in [0.2, 0.25) is 0 Å². The van der Waals surface area contributed by atoms with E-state index in [0.717, 1.165) is 30.9 Å². The molecule has 2 rings (SSSR count). The number of hydrogen-bond acceptors (Lipinski definition) is 4. The second kappa shape index (κ2) is 8.46. The van der Waals surface area contributed by atoms with Crippen LogP contribution in [0.1, 0.15) is 17.4 Å². The van der Waals surface area contributed by atoms with Gasteiger partial charge in [0.15, 0.2) is 0 Å². The molecule has 1 heterocycles. The van der Waals surface area contributed by atoms with Crippen molar-refractivity contribution in [3.05, 3.63) is 52.2 Å². The highest BCUT2D eigenvalue weighted by Crippen LogP contribution is 2.14. The van der Waals surface area contributed by atoms with Crippen LogP contribution in [0.15, 0.2) is 41.8 Å². The molecule has 0 spiro atoms. The zero-order chi connectivity index (χ0) is 14.9. The molecule has 0 unspecified atom stereocenters. The Bertz CT molecular complexity index is 557. The molecule has 0 fully saturated rings. The van der Waals surface area contributed by atoms with Crippen LogP contribution in [-0.2, 0) is 13.0 Å². The summed E-state index contributed by atoms with van der Waals surface area (Å²) in [6, 6.07) is 14.2. The van der Waals surface area contributed by atoms with Gasteiger partial charge in [-0.1, -0.05) is 25.1 Å². The fraction of sp³-hybridized carbons (Fsp3) is 0.353. The Balaban J connectivity index is 1.75. The van der Waals surface area contributed by atoms with Crippen molar-refractivity contribution in [1.82, 2.24) is 4.90 Å². The lowest BCUT2D eigenvalue weighted by molar-refractivity contribution is 0.211. The van der Waals surface area contributed by atoms with E-state index in [1.807, 2.05) is 24.3 Å². The minimum absolute atomic E-state index is 0.449. The van der Waals surface area contributed by atoms with Crippen molar-refractivity contribution >= 4 is 11.3 Å². The number of benzene rings is 1. The summed E-state index contributed by atoms with van der Waals surface area (Å²) in [4.78, 5) is 3.76. The normalized spacial score (nSPS) is 10.5. The molecule has 0 radical (unpaired) electrons. The third kappa shape index (κ3) is 5.22. The summed E-state index contributed by atoms with van der Waals surface area (Å²) in [5, 5.41) is 10.8. The second-order valence-electron chi connectivity index (χ2n) is 4.78. The van der Waals surface area contributed by atoms with Gasteiger partial charge in [-0.25, -0.2) is 0 Å². The molecule has 110 valence electrons. The third-order valence-corrected chi connectivity index (χ3v) is 4.15. The fourth-order valence-corrected chi connectivity index (χ4v) is 2.81. The first-order chi connectivity index (χ1) is 10.3. The van der Waals surface area contributed by atoms with E-state index in [4.69, 9.17) is 10.00 Å². The van der Waals surface area contributed by atoms with Crippen molar-refractivity contribution < 1.29 is 4.74 Å². The largest absolute Gasteiger partial charge is 0.492 e. The summed E-state index contributed by atoms with van der Waals surface area (Å²) in [6.07, 6.45) is 0.449. The van der Waals surface area contributed by atoms with Crippen molar-refractivity contribution in [3.8, 4) is 11.8 Å². The molecule has 0 saturated carbocycles. The van der Waals surface area contributed by atoms with E-state index in [0.29, 0.717) is 13.0 Å². The van der Waals surface area contributed by atoms with Crippen LogP contribution >= 0.6 is 11.3 Å². The summed E-state index contributed by atoms with van der Waals surface area (Å²) >= 11 is 1.79. The number of likely N-dealkylation sites (N-methyl/N-ethyl adjacent to an activating group) is 1. The zero-order valence-corrected chi connectivity index (χ0v) is 13.1. The Morgan fingerprint density at radius 3 is 2.67 bits per heavy atom. The molecule has 2 aromatic rings. The van der Waals surface area contributed by atoms with Gasteiger partial charge in [-0.05, 0) is 35.7 Å². The molecule has 0 atom stereocenters. The molecule has 4 heteroatoms. The van der Waals surface area contributed by atoms with Crippen LogP contribution < -0.4 is 4.74 Å². The van der Waals surface area contributed by atoms with Crippen LogP contribution in [-0.4, -0.2) is 24.6 Å². The number of thiophene rings is 1. The van der Waals surface area contributed by atoms with Gasteiger partial charge in [-0.2, -0.15) is 5.26 Å². The van der Waals surface area contributed by atoms with Crippen molar-refractivity contribution in [2.45, 2.75) is 19.9 Å². The summed E-state index contributed by atoms with van der Waals surface area (Å²) in [6.45, 7) is 5.76. The number of nitrogens with zero attached hydrogens (tertiary/aromatic N) is 2. The summed E-state index contributed by atoms with van der Waals surface area (Å²) in [5.74, 6) is 0.865. The molecular weight excluding hydrogens is 280 g/mol. The molecule has 1 aromatic heterocycles. The van der Waals surface area contributed by atoms with Crippen LogP contribution in [0.5, 0.6) is 5.75 Å². The van der Waals surface area contributed by atoms with Crippen molar-refractivity contribution in [2.24, 2.45) is 0 Å². The molecule has 0 amide bonds. The SMILES string of the molecule is CCN(CCOc1ccc(CC#N)cc1)Cc1cccs1. The molecular formula is C17H20N2OS. The maximum absolute atomic E-state index is 8.64. The van der Waals surface area contributed by atoms with Gasteiger partial charge in [-0.15, -0.1) is 11.3 Å². The molecule has 0 saturated heterocycles. The lowest BCUT2D eigenvalue weighted by atomic mass is 10.2. The predicted octanol–water partition coefficient (Wildman–Crippen LogP) is 3.72. The molecule has 1 aromatic carbocycles. The highest BCUT2D eigenvalue weighted by Gasteiger charge is 2.05. The maximum Gasteiger partial charge on any atom is 0.119 e. The van der Waals surface area contributed by atoms with Crippen LogP contribution in [0.25, 0.3) is 0 Å². The van der Waals surface area contributed by atoms with Gasteiger partial charge < -0.3 is 4.74 Å². The van der Waals surface area contributed by atoms with Crippen LogP contribution in [0.4, 0.5) is 0 Å². The zero-order valence-electron chi connectivity index (χ0n) is 12.3. The number of hydrogen-bond donors (Lipinski definition) is 0. The molecule has 0 aliphatic carbocycles. The second-order valence-corrected chi connectivity index (χ2v) is 5.81. The van der Waals surface area contributed by atoms with E-state index in [2.05, 4.69) is 35.4 Å². The molecule has 0 bridgehead atoms. The monoisotopic (exact) mass is 300 g/mol. The van der Waals surface area contributed by atoms with E-state index in [1.165, 1.54) is 4.88 Å². The van der Waals surface area contributed by atoms with Crippen molar-refractivity contribution in [2.75, 3.05) is 19.7 Å². The Labute approximate surface area is 130 Å². The fourth-order valence-electron chi connectivity index (χ4n) is 2.06. The van der Waals surface area contributed by atoms with Gasteiger partial charge in [-0.3, -0.25) is 4.90 Å². The Morgan fingerprint density at radius 2 is 2.05 bits per heavy atom. The molecule has 3 nitrogen and oxygen atoms in total. The first-order valence-electron chi connectivity index (χ1n) is 7.15. The van der Waals surface area contributed by atoms with E-state index >= 15 is 0 Å². The Hall–Kier alpha value is -1.83. The standard InChI is InChI=1S/C17H20N2OS/c1-2-19(14-17-4-3-13-21-17)11-12-20-16-7-5-15(6-8-16)9-10-18/h3-8,13H,2,9,11-12,14H2,1H3. The van der Waals surface area contributed by atoms with Crippen molar-refractivity contribution in [3.63, 3.8) is 0 Å². The van der Waals surface area contributed by atoms with Crippen LogP contribution in [0, 0.1) is 11.3 Å². The molecule has 0 aliphatic heterocycles. The highest BCUT2D eigenvalue weighted by atomic mass is 32.1. The van der Waals surface area contributed by atoms with Gasteiger partial charge >= 0.3 is 0 Å². The number of rotatable bonds is 8. The topological polar surface area (TPSA) is 36.3 Å². The predicted molar refractivity (Wildman–Crippen MR) is 86.5 cm³/mol. The van der Waals surface area contributed by atoms with Gasteiger partial charge in [0.05, 0.1) is 12.5 Å². The summed E-state index contributed by atoms with van der Waals surface area (Å²) < 4.78 is 5.77. The first-order valence-corrected chi connectivity index (χ1v) is 8.03. The average molecular weight is 300 g/mol. The molecule has 0 N–H and O–H groups in total. The highest BCUT2D eigenvalue weighted by molar-refractivity contribution is 7.09. The molecule has 0 aliphatic rings. The van der Waals surface area contributed by atoms with Crippen LogP contribution in [0.3, 0.4) is 0 Å². The van der Waals surface area contributed by atoms with Gasteiger partial charge in [0.25, 0.3) is 0 Å².